The third-order valence-corrected chi connectivity index (χ3v) is 4.74. The van der Waals surface area contributed by atoms with Crippen molar-refractivity contribution in [1.29, 1.82) is 0 Å². The monoisotopic (exact) mass is 273 g/mol. The molecule has 84 valence electrons. The SMILES string of the molecule is O=S(=O)(CCC=C(F)F)c1ncc(Cl)s1. The van der Waals surface area contributed by atoms with Crippen molar-refractivity contribution in [2.45, 2.75) is 10.8 Å². The zero-order chi connectivity index (χ0) is 11.5. The third-order valence-electron chi connectivity index (χ3n) is 1.41. The van der Waals surface area contributed by atoms with Gasteiger partial charge in [-0.15, -0.1) is 0 Å². The van der Waals surface area contributed by atoms with Crippen LogP contribution in [0.3, 0.4) is 0 Å². The molecule has 0 aliphatic rings. The van der Waals surface area contributed by atoms with E-state index in [0.717, 1.165) is 11.3 Å². The van der Waals surface area contributed by atoms with Crippen LogP contribution in [-0.4, -0.2) is 19.2 Å². The van der Waals surface area contributed by atoms with E-state index in [9.17, 15) is 17.2 Å². The second-order valence-corrected chi connectivity index (χ2v) is 6.48. The fourth-order valence-electron chi connectivity index (χ4n) is 0.794. The normalized spacial score (nSPS) is 11.4. The number of nitrogens with zero attached hydrogens (tertiary/aromatic N) is 1. The van der Waals surface area contributed by atoms with Gasteiger partial charge >= 0.3 is 0 Å². The van der Waals surface area contributed by atoms with Gasteiger partial charge in [-0.2, -0.15) is 8.78 Å². The van der Waals surface area contributed by atoms with Gasteiger partial charge in [-0.1, -0.05) is 22.9 Å². The first-order valence-electron chi connectivity index (χ1n) is 3.77. The fourth-order valence-corrected chi connectivity index (χ4v) is 3.42. The lowest BCUT2D eigenvalue weighted by atomic mass is 10.5. The summed E-state index contributed by atoms with van der Waals surface area (Å²) in [5.74, 6) is -0.395. The summed E-state index contributed by atoms with van der Waals surface area (Å²) in [7, 11) is -3.59. The van der Waals surface area contributed by atoms with Crippen molar-refractivity contribution in [1.82, 2.24) is 4.98 Å². The van der Waals surface area contributed by atoms with Gasteiger partial charge in [0.15, 0.2) is 0 Å². The first-order chi connectivity index (χ1) is 6.92. The molecule has 0 radical (unpaired) electrons. The molecule has 0 aliphatic carbocycles. The summed E-state index contributed by atoms with van der Waals surface area (Å²) in [5.41, 5.74) is 0. The van der Waals surface area contributed by atoms with Crippen LogP contribution in [0.25, 0.3) is 0 Å². The number of thiazole rings is 1. The van der Waals surface area contributed by atoms with E-state index in [2.05, 4.69) is 4.98 Å². The maximum atomic E-state index is 11.6. The van der Waals surface area contributed by atoms with Crippen LogP contribution in [-0.2, 0) is 9.84 Å². The molecule has 0 aliphatic heterocycles. The van der Waals surface area contributed by atoms with E-state index >= 15 is 0 Å². The highest BCUT2D eigenvalue weighted by molar-refractivity contribution is 7.93. The van der Waals surface area contributed by atoms with Crippen LogP contribution < -0.4 is 0 Å². The van der Waals surface area contributed by atoms with Crippen LogP contribution in [0.1, 0.15) is 6.42 Å². The van der Waals surface area contributed by atoms with E-state index in [1.165, 1.54) is 6.20 Å². The zero-order valence-corrected chi connectivity index (χ0v) is 9.67. The number of allylic oxidation sites excluding steroid dienone is 1. The molecular formula is C7H6ClF2NO2S2. The lowest BCUT2D eigenvalue weighted by molar-refractivity contribution is 0.418. The molecule has 8 heteroatoms. The molecule has 0 amide bonds. The Morgan fingerprint density at radius 1 is 1.60 bits per heavy atom. The van der Waals surface area contributed by atoms with Gasteiger partial charge in [0.25, 0.3) is 6.08 Å². The Kier molecular flexibility index (Phi) is 4.18. The summed E-state index contributed by atoms with van der Waals surface area (Å²) in [6.45, 7) is 0. The Morgan fingerprint density at radius 2 is 2.27 bits per heavy atom. The molecule has 0 aromatic carbocycles. The molecular weight excluding hydrogens is 268 g/mol. The largest absolute Gasteiger partial charge is 0.266 e. The van der Waals surface area contributed by atoms with Gasteiger partial charge in [-0.05, 0) is 12.5 Å². The number of sulfone groups is 1. The second-order valence-electron chi connectivity index (χ2n) is 2.53. The molecule has 3 nitrogen and oxygen atoms in total. The van der Waals surface area contributed by atoms with Crippen LogP contribution in [0, 0.1) is 0 Å². The quantitative estimate of drug-likeness (QED) is 0.847. The number of rotatable bonds is 4. The molecule has 0 N–H and O–H groups in total. The van der Waals surface area contributed by atoms with Crippen molar-refractivity contribution in [2.75, 3.05) is 5.75 Å². The first-order valence-corrected chi connectivity index (χ1v) is 6.62. The van der Waals surface area contributed by atoms with Gasteiger partial charge in [0, 0.05) is 0 Å². The molecule has 0 spiro atoms. The summed E-state index contributed by atoms with van der Waals surface area (Å²) in [4.78, 5) is 3.58. The number of aromatic nitrogens is 1. The van der Waals surface area contributed by atoms with E-state index in [-0.39, 0.29) is 15.1 Å². The zero-order valence-electron chi connectivity index (χ0n) is 7.28. The molecule has 0 saturated carbocycles. The van der Waals surface area contributed by atoms with Crippen LogP contribution >= 0.6 is 22.9 Å². The molecule has 1 aromatic rings. The minimum Gasteiger partial charge on any atom is -0.232 e. The Balaban J connectivity index is 2.73. The molecule has 0 unspecified atom stereocenters. The molecule has 1 heterocycles. The summed E-state index contributed by atoms with van der Waals surface area (Å²) in [6, 6.07) is 0. The van der Waals surface area contributed by atoms with Crippen LogP contribution in [0.2, 0.25) is 4.34 Å². The maximum Gasteiger partial charge on any atom is 0.266 e. The average Bonchev–Trinajstić information content (AvgIpc) is 2.51. The topological polar surface area (TPSA) is 47.0 Å². The van der Waals surface area contributed by atoms with Gasteiger partial charge in [0.05, 0.1) is 11.9 Å². The molecule has 0 atom stereocenters. The molecule has 0 bridgehead atoms. The van der Waals surface area contributed by atoms with E-state index < -0.39 is 21.7 Å². The lowest BCUT2D eigenvalue weighted by Gasteiger charge is -1.96. The summed E-state index contributed by atoms with van der Waals surface area (Å²) in [5, 5.41) is 0. The van der Waals surface area contributed by atoms with Gasteiger partial charge in [0.2, 0.25) is 14.2 Å². The Morgan fingerprint density at radius 3 is 2.73 bits per heavy atom. The molecule has 0 saturated heterocycles. The third kappa shape index (κ3) is 3.84. The van der Waals surface area contributed by atoms with E-state index in [1.807, 2.05) is 0 Å². The van der Waals surface area contributed by atoms with E-state index in [1.54, 1.807) is 0 Å². The molecule has 1 rings (SSSR count). The minimum absolute atomic E-state index is 0.139. The highest BCUT2D eigenvalue weighted by Gasteiger charge is 2.17. The van der Waals surface area contributed by atoms with E-state index in [4.69, 9.17) is 11.6 Å². The summed E-state index contributed by atoms with van der Waals surface area (Å²) >= 11 is 6.32. The van der Waals surface area contributed by atoms with Gasteiger partial charge < -0.3 is 0 Å². The lowest BCUT2D eigenvalue weighted by Crippen LogP contribution is -2.05. The standard InChI is InChI=1S/C7H6ClF2NO2S2/c8-5-4-11-7(14-5)15(12,13)3-1-2-6(9)10/h2,4H,1,3H2. The number of hydrogen-bond acceptors (Lipinski definition) is 4. The molecule has 0 fully saturated rings. The van der Waals surface area contributed by atoms with Crippen molar-refractivity contribution in [3.63, 3.8) is 0 Å². The Bertz CT molecular complexity index is 465. The predicted molar refractivity (Wildman–Crippen MR) is 54.1 cm³/mol. The molecule has 1 aromatic heterocycles. The smallest absolute Gasteiger partial charge is 0.232 e. The summed E-state index contributed by atoms with van der Waals surface area (Å²) < 4.78 is 46.3. The van der Waals surface area contributed by atoms with Crippen molar-refractivity contribution in [3.05, 3.63) is 22.7 Å². The predicted octanol–water partition coefficient (Wildman–Crippen LogP) is 2.74. The fraction of sp³-hybridized carbons (Fsp3) is 0.286. The highest BCUT2D eigenvalue weighted by Crippen LogP contribution is 2.23. The summed E-state index contributed by atoms with van der Waals surface area (Å²) in [6.07, 6.45) is -0.346. The Hall–Kier alpha value is -0.530. The first kappa shape index (κ1) is 12.5. The van der Waals surface area contributed by atoms with Crippen LogP contribution in [0.4, 0.5) is 8.78 Å². The van der Waals surface area contributed by atoms with Crippen LogP contribution in [0.5, 0.6) is 0 Å². The van der Waals surface area contributed by atoms with Crippen molar-refractivity contribution in [3.8, 4) is 0 Å². The van der Waals surface area contributed by atoms with Crippen molar-refractivity contribution in [2.24, 2.45) is 0 Å². The van der Waals surface area contributed by atoms with Crippen LogP contribution in [0.15, 0.2) is 22.7 Å². The van der Waals surface area contributed by atoms with Gasteiger partial charge in [0.1, 0.15) is 4.34 Å². The van der Waals surface area contributed by atoms with Crippen molar-refractivity contribution < 1.29 is 17.2 Å². The Labute approximate surface area is 94.3 Å². The second kappa shape index (κ2) is 5.00. The van der Waals surface area contributed by atoms with E-state index in [0.29, 0.717) is 6.08 Å². The highest BCUT2D eigenvalue weighted by atomic mass is 35.5. The number of halogens is 3. The van der Waals surface area contributed by atoms with Gasteiger partial charge in [-0.3, -0.25) is 0 Å². The number of hydrogen-bond donors (Lipinski definition) is 0. The van der Waals surface area contributed by atoms with Crippen molar-refractivity contribution >= 4 is 32.8 Å². The average molecular weight is 274 g/mol. The maximum absolute atomic E-state index is 11.6. The minimum atomic E-state index is -3.59. The molecule has 15 heavy (non-hydrogen) atoms. The van der Waals surface area contributed by atoms with Gasteiger partial charge in [-0.25, -0.2) is 13.4 Å².